The molecule has 0 saturated heterocycles. The van der Waals surface area contributed by atoms with Gasteiger partial charge in [-0.3, -0.25) is 0 Å². The molecule has 15 heavy (non-hydrogen) atoms. The minimum atomic E-state index is 0.302. The number of aliphatic hydroxyl groups is 1. The topological polar surface area (TPSA) is 20.2 Å². The summed E-state index contributed by atoms with van der Waals surface area (Å²) < 4.78 is 1.11. The second-order valence-electron chi connectivity index (χ2n) is 4.02. The van der Waals surface area contributed by atoms with Crippen LogP contribution in [-0.2, 0) is 6.42 Å². The van der Waals surface area contributed by atoms with E-state index < -0.39 is 0 Å². The molecule has 0 fully saturated rings. The van der Waals surface area contributed by atoms with Gasteiger partial charge in [-0.05, 0) is 36.5 Å². The predicted octanol–water partition coefficient (Wildman–Crippen LogP) is 3.79. The maximum atomic E-state index is 9.26. The molecule has 0 aliphatic rings. The van der Waals surface area contributed by atoms with Gasteiger partial charge in [0.15, 0.2) is 0 Å². The number of hydrogen-bond donors (Lipinski definition) is 1. The Morgan fingerprint density at radius 2 is 1.93 bits per heavy atom. The highest BCUT2D eigenvalue weighted by molar-refractivity contribution is 9.10. The smallest absolute Gasteiger partial charge is 0.0462 e. The van der Waals surface area contributed by atoms with E-state index in [4.69, 9.17) is 0 Å². The largest absolute Gasteiger partial charge is 0.396 e. The summed E-state index contributed by atoms with van der Waals surface area (Å²) in [6.07, 6.45) is 4.53. The summed E-state index contributed by atoms with van der Waals surface area (Å²) in [5.41, 5.74) is 1.31. The Kier molecular flexibility index (Phi) is 5.96. The third-order valence-electron chi connectivity index (χ3n) is 2.66. The molecule has 0 heterocycles. The van der Waals surface area contributed by atoms with Gasteiger partial charge in [0.05, 0.1) is 0 Å². The quantitative estimate of drug-likeness (QED) is 0.834. The van der Waals surface area contributed by atoms with Gasteiger partial charge in [-0.2, -0.15) is 0 Å². The van der Waals surface area contributed by atoms with Gasteiger partial charge in [0, 0.05) is 11.1 Å². The fourth-order valence-electron chi connectivity index (χ4n) is 1.70. The zero-order valence-electron chi connectivity index (χ0n) is 9.25. The molecule has 1 N–H and O–H groups in total. The molecule has 1 unspecified atom stereocenters. The van der Waals surface area contributed by atoms with Crippen LogP contribution in [0.15, 0.2) is 28.7 Å². The highest BCUT2D eigenvalue weighted by Crippen LogP contribution is 2.17. The molecule has 1 nitrogen and oxygen atoms in total. The summed E-state index contributed by atoms with van der Waals surface area (Å²) in [5.74, 6) is 0.422. The summed E-state index contributed by atoms with van der Waals surface area (Å²) >= 11 is 3.42. The van der Waals surface area contributed by atoms with Crippen molar-refractivity contribution in [2.45, 2.75) is 32.6 Å². The van der Waals surface area contributed by atoms with Crippen molar-refractivity contribution >= 4 is 15.9 Å². The Balaban J connectivity index is 2.47. The molecule has 84 valence electrons. The zero-order chi connectivity index (χ0) is 11.1. The first kappa shape index (κ1) is 12.7. The van der Waals surface area contributed by atoms with Gasteiger partial charge < -0.3 is 5.11 Å². The monoisotopic (exact) mass is 270 g/mol. The molecule has 0 spiro atoms. The van der Waals surface area contributed by atoms with Crippen LogP contribution in [0.1, 0.15) is 31.7 Å². The molecule has 2 heteroatoms. The lowest BCUT2D eigenvalue weighted by Gasteiger charge is -2.13. The van der Waals surface area contributed by atoms with Crippen LogP contribution < -0.4 is 0 Å². The van der Waals surface area contributed by atoms with Crippen molar-refractivity contribution in [3.63, 3.8) is 0 Å². The van der Waals surface area contributed by atoms with Crippen molar-refractivity contribution in [1.82, 2.24) is 0 Å². The third kappa shape index (κ3) is 4.80. The average molecular weight is 271 g/mol. The van der Waals surface area contributed by atoms with E-state index in [1.54, 1.807) is 0 Å². The fourth-order valence-corrected chi connectivity index (χ4v) is 1.97. The average Bonchev–Trinajstić information content (AvgIpc) is 2.27. The molecule has 0 aliphatic heterocycles. The van der Waals surface area contributed by atoms with Crippen LogP contribution >= 0.6 is 15.9 Å². The first-order valence-electron chi connectivity index (χ1n) is 5.61. The number of benzene rings is 1. The van der Waals surface area contributed by atoms with Gasteiger partial charge in [-0.15, -0.1) is 0 Å². The number of aliphatic hydroxyl groups excluding tert-OH is 1. The van der Waals surface area contributed by atoms with Crippen LogP contribution in [-0.4, -0.2) is 11.7 Å². The van der Waals surface area contributed by atoms with Gasteiger partial charge in [0.1, 0.15) is 0 Å². The van der Waals surface area contributed by atoms with Crippen LogP contribution in [0.2, 0.25) is 0 Å². The summed E-state index contributed by atoms with van der Waals surface area (Å²) in [4.78, 5) is 0. The predicted molar refractivity (Wildman–Crippen MR) is 67.9 cm³/mol. The lowest BCUT2D eigenvalue weighted by molar-refractivity contribution is 0.215. The van der Waals surface area contributed by atoms with Crippen LogP contribution in [0, 0.1) is 5.92 Å². The van der Waals surface area contributed by atoms with E-state index in [0.29, 0.717) is 12.5 Å². The van der Waals surface area contributed by atoms with Gasteiger partial charge in [-0.1, -0.05) is 47.8 Å². The summed E-state index contributed by atoms with van der Waals surface area (Å²) in [5, 5.41) is 9.26. The van der Waals surface area contributed by atoms with Crippen LogP contribution in [0.5, 0.6) is 0 Å². The SMILES string of the molecule is CCCCC(CO)Cc1ccc(Br)cc1. The van der Waals surface area contributed by atoms with Gasteiger partial charge in [0.2, 0.25) is 0 Å². The number of hydrogen-bond acceptors (Lipinski definition) is 1. The van der Waals surface area contributed by atoms with Crippen LogP contribution in [0.3, 0.4) is 0 Å². The third-order valence-corrected chi connectivity index (χ3v) is 3.19. The second-order valence-corrected chi connectivity index (χ2v) is 4.94. The van der Waals surface area contributed by atoms with Crippen LogP contribution in [0.4, 0.5) is 0 Å². The highest BCUT2D eigenvalue weighted by atomic mass is 79.9. The second kappa shape index (κ2) is 7.02. The highest BCUT2D eigenvalue weighted by Gasteiger charge is 2.07. The molecule has 1 rings (SSSR count). The Hall–Kier alpha value is -0.340. The van der Waals surface area contributed by atoms with E-state index in [1.165, 1.54) is 18.4 Å². The Labute approximate surface area is 101 Å². The van der Waals surface area contributed by atoms with E-state index in [0.717, 1.165) is 17.3 Å². The molecular formula is C13H19BrO. The van der Waals surface area contributed by atoms with Crippen LogP contribution in [0.25, 0.3) is 0 Å². The van der Waals surface area contributed by atoms with Gasteiger partial charge in [0.25, 0.3) is 0 Å². The first-order chi connectivity index (χ1) is 7.26. The summed E-state index contributed by atoms with van der Waals surface area (Å²) in [6.45, 7) is 2.49. The molecule has 0 radical (unpaired) electrons. The van der Waals surface area contributed by atoms with Crippen molar-refractivity contribution in [2.75, 3.05) is 6.61 Å². The molecule has 0 aliphatic carbocycles. The zero-order valence-corrected chi connectivity index (χ0v) is 10.8. The molecule has 0 bridgehead atoms. The number of rotatable bonds is 6. The molecule has 0 aromatic heterocycles. The lowest BCUT2D eigenvalue weighted by atomic mass is 9.95. The van der Waals surface area contributed by atoms with Gasteiger partial charge >= 0.3 is 0 Å². The first-order valence-corrected chi connectivity index (χ1v) is 6.40. The van der Waals surface area contributed by atoms with Crippen molar-refractivity contribution in [1.29, 1.82) is 0 Å². The van der Waals surface area contributed by atoms with Gasteiger partial charge in [-0.25, -0.2) is 0 Å². The maximum absolute atomic E-state index is 9.26. The van der Waals surface area contributed by atoms with Crippen molar-refractivity contribution in [3.05, 3.63) is 34.3 Å². The minimum Gasteiger partial charge on any atom is -0.396 e. The van der Waals surface area contributed by atoms with E-state index in [2.05, 4.69) is 47.1 Å². The van der Waals surface area contributed by atoms with E-state index in [-0.39, 0.29) is 0 Å². The molecular weight excluding hydrogens is 252 g/mol. The molecule has 1 atom stereocenters. The molecule has 1 aromatic rings. The Bertz CT molecular complexity index is 268. The Morgan fingerprint density at radius 3 is 2.47 bits per heavy atom. The summed E-state index contributed by atoms with van der Waals surface area (Å²) in [7, 11) is 0. The normalized spacial score (nSPS) is 12.7. The number of unbranched alkanes of at least 4 members (excludes halogenated alkanes) is 1. The van der Waals surface area contributed by atoms with E-state index >= 15 is 0 Å². The molecule has 1 aromatic carbocycles. The van der Waals surface area contributed by atoms with Crippen molar-refractivity contribution in [2.24, 2.45) is 5.92 Å². The summed E-state index contributed by atoms with van der Waals surface area (Å²) in [6, 6.07) is 8.37. The van der Waals surface area contributed by atoms with Crippen molar-refractivity contribution in [3.8, 4) is 0 Å². The fraction of sp³-hybridized carbons (Fsp3) is 0.538. The van der Waals surface area contributed by atoms with Crippen molar-refractivity contribution < 1.29 is 5.11 Å². The molecule has 0 saturated carbocycles. The van der Waals surface area contributed by atoms with E-state index in [1.807, 2.05) is 0 Å². The number of halogens is 1. The van der Waals surface area contributed by atoms with E-state index in [9.17, 15) is 5.11 Å². The Morgan fingerprint density at radius 1 is 1.27 bits per heavy atom. The minimum absolute atomic E-state index is 0.302. The maximum Gasteiger partial charge on any atom is 0.0462 e. The lowest BCUT2D eigenvalue weighted by Crippen LogP contribution is -2.09. The standard InChI is InChI=1S/C13H19BrO/c1-2-3-4-12(10-15)9-11-5-7-13(14)8-6-11/h5-8,12,15H,2-4,9-10H2,1H3. The molecule has 0 amide bonds.